The number of hydrogen-bond donors (Lipinski definition) is 1. The number of carbonyl (C=O) groups excluding carboxylic acids is 1. The van der Waals surface area contributed by atoms with Crippen molar-refractivity contribution >= 4 is 5.91 Å². The van der Waals surface area contributed by atoms with Crippen LogP contribution in [0.2, 0.25) is 0 Å². The number of likely N-dealkylation sites (tertiary alicyclic amines) is 1. The lowest BCUT2D eigenvalue weighted by Crippen LogP contribution is -2.37. The number of carbonyl (C=O) groups is 1. The van der Waals surface area contributed by atoms with E-state index in [0.717, 1.165) is 50.2 Å². The summed E-state index contributed by atoms with van der Waals surface area (Å²) >= 11 is 0. The second-order valence-electron chi connectivity index (χ2n) is 6.62. The molecule has 0 bridgehead atoms. The number of nitrogens with one attached hydrogen (secondary N) is 1. The fourth-order valence-electron chi connectivity index (χ4n) is 3.40. The first-order valence-corrected chi connectivity index (χ1v) is 8.40. The number of rotatable bonds is 4. The van der Waals surface area contributed by atoms with Crippen molar-refractivity contribution < 1.29 is 4.79 Å². The summed E-state index contributed by atoms with van der Waals surface area (Å²) in [6, 6.07) is 3.83. The van der Waals surface area contributed by atoms with Crippen LogP contribution < -0.4 is 0 Å². The maximum absolute atomic E-state index is 12.3. The molecule has 23 heavy (non-hydrogen) atoms. The van der Waals surface area contributed by atoms with Crippen molar-refractivity contribution in [2.45, 2.75) is 32.1 Å². The molecule has 1 aliphatic carbocycles. The minimum Gasteiger partial charge on any atom is -0.342 e. The van der Waals surface area contributed by atoms with Crippen molar-refractivity contribution in [2.24, 2.45) is 11.8 Å². The molecule has 1 atom stereocenters. The number of H-pyrrole nitrogens is 1. The first-order valence-electron chi connectivity index (χ1n) is 8.40. The fourth-order valence-corrected chi connectivity index (χ4v) is 3.40. The first kappa shape index (κ1) is 14.4. The smallest absolute Gasteiger partial charge is 0.225 e. The summed E-state index contributed by atoms with van der Waals surface area (Å²) in [4.78, 5) is 23.0. The Bertz CT molecular complexity index is 679. The van der Waals surface area contributed by atoms with Gasteiger partial charge in [-0.3, -0.25) is 14.9 Å². The fraction of sp³-hybridized carbons (Fsp3) is 0.529. The summed E-state index contributed by atoms with van der Waals surface area (Å²) in [5, 5.41) is 7.30. The van der Waals surface area contributed by atoms with Gasteiger partial charge in [-0.25, -0.2) is 4.98 Å². The van der Waals surface area contributed by atoms with Gasteiger partial charge in [0.25, 0.3) is 0 Å². The molecule has 6 nitrogen and oxygen atoms in total. The average molecular weight is 311 g/mol. The van der Waals surface area contributed by atoms with Crippen molar-refractivity contribution in [3.05, 3.63) is 30.4 Å². The lowest BCUT2D eigenvalue weighted by Gasteiger charge is -2.29. The normalized spacial score (nSPS) is 21.4. The Hall–Kier alpha value is -2.24. The van der Waals surface area contributed by atoms with Gasteiger partial charge in [0.2, 0.25) is 5.91 Å². The van der Waals surface area contributed by atoms with E-state index in [1.165, 1.54) is 6.42 Å². The van der Waals surface area contributed by atoms with Crippen LogP contribution in [-0.2, 0) is 11.2 Å². The Labute approximate surface area is 135 Å². The molecule has 2 aliphatic rings. The summed E-state index contributed by atoms with van der Waals surface area (Å²) in [5.74, 6) is 2.73. The van der Waals surface area contributed by atoms with E-state index in [1.807, 2.05) is 17.0 Å². The minimum absolute atomic E-state index is 0.302. The van der Waals surface area contributed by atoms with Crippen molar-refractivity contribution in [2.75, 3.05) is 13.1 Å². The molecule has 2 fully saturated rings. The van der Waals surface area contributed by atoms with Gasteiger partial charge < -0.3 is 4.90 Å². The standard InChI is InChI=1S/C17H21N5O/c23-17(13-3-1-4-13)22-8-6-12(11-22)9-15-19-16(21-20-15)14-5-2-7-18-10-14/h2,5,7,10,12-13H,1,3-4,6,8-9,11H2,(H,19,20,21). The first-order chi connectivity index (χ1) is 11.3. The lowest BCUT2D eigenvalue weighted by atomic mass is 9.84. The largest absolute Gasteiger partial charge is 0.342 e. The zero-order valence-corrected chi connectivity index (χ0v) is 13.1. The van der Waals surface area contributed by atoms with E-state index < -0.39 is 0 Å². The van der Waals surface area contributed by atoms with Crippen LogP contribution in [0.4, 0.5) is 0 Å². The molecular formula is C17H21N5O. The van der Waals surface area contributed by atoms with Gasteiger partial charge in [-0.05, 0) is 37.3 Å². The lowest BCUT2D eigenvalue weighted by molar-refractivity contribution is -0.137. The monoisotopic (exact) mass is 311 g/mol. The van der Waals surface area contributed by atoms with Gasteiger partial charge in [-0.2, -0.15) is 5.10 Å². The maximum atomic E-state index is 12.3. The number of aromatic amines is 1. The number of amides is 1. The molecule has 2 aromatic heterocycles. The van der Waals surface area contributed by atoms with E-state index in [4.69, 9.17) is 0 Å². The van der Waals surface area contributed by atoms with E-state index >= 15 is 0 Å². The highest BCUT2D eigenvalue weighted by Gasteiger charge is 2.33. The van der Waals surface area contributed by atoms with Gasteiger partial charge in [0, 0.05) is 43.4 Å². The van der Waals surface area contributed by atoms with Crippen LogP contribution in [0, 0.1) is 11.8 Å². The molecule has 1 unspecified atom stereocenters. The van der Waals surface area contributed by atoms with Crippen LogP contribution in [0.25, 0.3) is 11.4 Å². The highest BCUT2D eigenvalue weighted by atomic mass is 16.2. The Balaban J connectivity index is 1.36. The molecule has 120 valence electrons. The molecule has 1 N–H and O–H groups in total. The van der Waals surface area contributed by atoms with Crippen molar-refractivity contribution in [3.63, 3.8) is 0 Å². The Morgan fingerprint density at radius 3 is 3.00 bits per heavy atom. The van der Waals surface area contributed by atoms with Crippen LogP contribution in [0.1, 0.15) is 31.5 Å². The number of nitrogens with zero attached hydrogens (tertiary/aromatic N) is 4. The summed E-state index contributed by atoms with van der Waals surface area (Å²) in [7, 11) is 0. The number of hydrogen-bond acceptors (Lipinski definition) is 4. The Morgan fingerprint density at radius 2 is 2.26 bits per heavy atom. The quantitative estimate of drug-likeness (QED) is 0.938. The van der Waals surface area contributed by atoms with Crippen molar-refractivity contribution in [3.8, 4) is 11.4 Å². The summed E-state index contributed by atoms with van der Waals surface area (Å²) in [6.07, 6.45) is 8.78. The molecule has 1 aliphatic heterocycles. The van der Waals surface area contributed by atoms with Crippen LogP contribution >= 0.6 is 0 Å². The SMILES string of the molecule is O=C(C1CCC1)N1CCC(Cc2nc(-c3cccnc3)n[nH]2)C1. The summed E-state index contributed by atoms with van der Waals surface area (Å²) in [5.41, 5.74) is 0.920. The molecule has 0 spiro atoms. The summed E-state index contributed by atoms with van der Waals surface area (Å²) in [6.45, 7) is 1.75. The zero-order chi connectivity index (χ0) is 15.6. The van der Waals surface area contributed by atoms with Gasteiger partial charge in [-0.15, -0.1) is 0 Å². The van der Waals surface area contributed by atoms with Crippen LogP contribution in [0.5, 0.6) is 0 Å². The topological polar surface area (TPSA) is 74.8 Å². The maximum Gasteiger partial charge on any atom is 0.225 e. The molecule has 1 saturated heterocycles. The molecule has 3 heterocycles. The predicted octanol–water partition coefficient (Wildman–Crippen LogP) is 2.06. The van der Waals surface area contributed by atoms with Gasteiger partial charge in [0.1, 0.15) is 5.82 Å². The van der Waals surface area contributed by atoms with Gasteiger partial charge >= 0.3 is 0 Å². The molecule has 4 rings (SSSR count). The number of aromatic nitrogens is 4. The Morgan fingerprint density at radius 1 is 1.35 bits per heavy atom. The van der Waals surface area contributed by atoms with Crippen molar-refractivity contribution in [1.29, 1.82) is 0 Å². The van der Waals surface area contributed by atoms with Crippen LogP contribution in [0.3, 0.4) is 0 Å². The van der Waals surface area contributed by atoms with E-state index in [1.54, 1.807) is 12.4 Å². The third-order valence-electron chi connectivity index (χ3n) is 4.99. The highest BCUT2D eigenvalue weighted by molar-refractivity contribution is 5.79. The predicted molar refractivity (Wildman–Crippen MR) is 85.3 cm³/mol. The second-order valence-corrected chi connectivity index (χ2v) is 6.62. The van der Waals surface area contributed by atoms with Gasteiger partial charge in [0.05, 0.1) is 0 Å². The second kappa shape index (κ2) is 6.10. The van der Waals surface area contributed by atoms with Crippen molar-refractivity contribution in [1.82, 2.24) is 25.1 Å². The third kappa shape index (κ3) is 2.98. The average Bonchev–Trinajstić information content (AvgIpc) is 3.16. The molecule has 0 aromatic carbocycles. The molecule has 2 aromatic rings. The molecule has 1 saturated carbocycles. The van der Waals surface area contributed by atoms with E-state index in [9.17, 15) is 4.79 Å². The van der Waals surface area contributed by atoms with E-state index in [-0.39, 0.29) is 0 Å². The van der Waals surface area contributed by atoms with Crippen LogP contribution in [0.15, 0.2) is 24.5 Å². The van der Waals surface area contributed by atoms with E-state index in [0.29, 0.717) is 23.6 Å². The van der Waals surface area contributed by atoms with Gasteiger partial charge in [0.15, 0.2) is 5.82 Å². The van der Waals surface area contributed by atoms with Crippen LogP contribution in [-0.4, -0.2) is 44.1 Å². The summed E-state index contributed by atoms with van der Waals surface area (Å²) < 4.78 is 0. The zero-order valence-electron chi connectivity index (χ0n) is 13.1. The van der Waals surface area contributed by atoms with E-state index in [2.05, 4.69) is 20.2 Å². The molecule has 6 heteroatoms. The minimum atomic E-state index is 0.302. The van der Waals surface area contributed by atoms with Gasteiger partial charge in [-0.1, -0.05) is 6.42 Å². The molecule has 1 amide bonds. The molecule has 0 radical (unpaired) electrons. The number of pyridine rings is 1. The highest BCUT2D eigenvalue weighted by Crippen LogP contribution is 2.31. The molecular weight excluding hydrogens is 290 g/mol. The Kier molecular flexibility index (Phi) is 3.81. The third-order valence-corrected chi connectivity index (χ3v) is 4.99.